The number of primary amides is 1. The van der Waals surface area contributed by atoms with Gasteiger partial charge in [0.25, 0.3) is 11.8 Å². The molecule has 40 heavy (non-hydrogen) atoms. The Morgan fingerprint density at radius 1 is 1.07 bits per heavy atom. The number of hydrogen-bond acceptors (Lipinski definition) is 9. The van der Waals surface area contributed by atoms with Gasteiger partial charge in [0, 0.05) is 18.8 Å². The first kappa shape index (κ1) is 28.8. The van der Waals surface area contributed by atoms with Crippen LogP contribution in [-0.4, -0.2) is 54.6 Å². The average Bonchev–Trinajstić information content (AvgIpc) is 3.61. The highest BCUT2D eigenvalue weighted by Crippen LogP contribution is 2.34. The highest BCUT2D eigenvalue weighted by molar-refractivity contribution is 7.09. The molecule has 1 saturated heterocycles. The van der Waals surface area contributed by atoms with E-state index < -0.39 is 23.8 Å². The molecule has 3 aromatic rings. The fraction of sp³-hybridized carbons (Fsp3) is 0.357. The smallest absolute Gasteiger partial charge is 0.273 e. The Morgan fingerprint density at radius 2 is 1.70 bits per heavy atom. The van der Waals surface area contributed by atoms with E-state index in [4.69, 9.17) is 25.7 Å². The number of amides is 3. The predicted octanol–water partition coefficient (Wildman–Crippen LogP) is 3.30. The molecule has 1 aliphatic rings. The van der Waals surface area contributed by atoms with Crippen LogP contribution in [0.1, 0.15) is 58.5 Å². The highest BCUT2D eigenvalue weighted by Gasteiger charge is 2.36. The molecule has 212 valence electrons. The van der Waals surface area contributed by atoms with Gasteiger partial charge in [-0.3, -0.25) is 19.3 Å². The Labute approximate surface area is 236 Å². The van der Waals surface area contributed by atoms with Gasteiger partial charge in [-0.15, -0.1) is 0 Å². The summed E-state index contributed by atoms with van der Waals surface area (Å²) in [5, 5.41) is 2.96. The number of carbonyl (C=O) groups is 3. The van der Waals surface area contributed by atoms with E-state index >= 15 is 0 Å². The Kier molecular flexibility index (Phi) is 9.56. The number of benzene rings is 2. The van der Waals surface area contributed by atoms with Crippen LogP contribution in [0.25, 0.3) is 0 Å². The Hall–Kier alpha value is -4.16. The van der Waals surface area contributed by atoms with Crippen molar-refractivity contribution >= 4 is 40.6 Å². The number of nitrogens with two attached hydrogens (primary N) is 2. The molecule has 0 unspecified atom stereocenters. The van der Waals surface area contributed by atoms with Gasteiger partial charge in [0.15, 0.2) is 5.69 Å². The van der Waals surface area contributed by atoms with Crippen LogP contribution in [0.4, 0.5) is 11.4 Å². The molecule has 1 aliphatic heterocycles. The van der Waals surface area contributed by atoms with Crippen molar-refractivity contribution in [3.8, 4) is 11.5 Å². The molecule has 2 atom stereocenters. The normalized spacial score (nSPS) is 15.3. The van der Waals surface area contributed by atoms with Crippen molar-refractivity contribution in [2.45, 2.75) is 38.8 Å². The summed E-state index contributed by atoms with van der Waals surface area (Å²) in [5.41, 5.74) is 12.2. The molecule has 4 rings (SSSR count). The van der Waals surface area contributed by atoms with Gasteiger partial charge in [0.2, 0.25) is 5.91 Å². The molecule has 0 saturated carbocycles. The summed E-state index contributed by atoms with van der Waals surface area (Å²) in [4.78, 5) is 41.2. The molecule has 5 N–H and O–H groups in total. The minimum Gasteiger partial charge on any atom is -0.494 e. The summed E-state index contributed by atoms with van der Waals surface area (Å²) in [5.74, 6) is -0.648. The first-order valence-electron chi connectivity index (χ1n) is 13.1. The number of hydrogen-bond donors (Lipinski definition) is 3. The standard InChI is InChI=1S/C28H33N5O6S/c1-3-37-19-11-7-17(8-12-19)24(27(35)31-16-21-6-5-15-39-21)33(18-9-13-20(14-10-18)38-4-2)28(36)25-22(29)23(26(30)34)32-40-25/h7-14,21,24H,3-6,15-16,29H2,1-2H3,(H2,30,34)(H,31,35)/t21-,24+/m1/s1. The molecule has 1 aromatic heterocycles. The average molecular weight is 568 g/mol. The SMILES string of the molecule is CCOc1ccc([C@@H](C(=O)NC[C@H]2CCCO2)N(C(=O)c2snc(C(N)=O)c2N)c2ccc(OCC)cc2)cc1. The van der Waals surface area contributed by atoms with Gasteiger partial charge in [0.1, 0.15) is 22.4 Å². The Balaban J connectivity index is 1.80. The molecule has 1 fully saturated rings. The zero-order chi connectivity index (χ0) is 28.6. The zero-order valence-electron chi connectivity index (χ0n) is 22.4. The van der Waals surface area contributed by atoms with E-state index in [0.29, 0.717) is 49.1 Å². The third kappa shape index (κ3) is 6.52. The molecule has 11 nitrogen and oxygen atoms in total. The van der Waals surface area contributed by atoms with E-state index in [9.17, 15) is 14.4 Å². The number of aromatic nitrogens is 1. The number of nitrogens with zero attached hydrogens (tertiary/aromatic N) is 2. The number of nitrogens with one attached hydrogen (secondary N) is 1. The predicted molar refractivity (Wildman–Crippen MR) is 152 cm³/mol. The minimum atomic E-state index is -1.11. The summed E-state index contributed by atoms with van der Waals surface area (Å²) >= 11 is 0.751. The molecule has 0 spiro atoms. The monoisotopic (exact) mass is 567 g/mol. The summed E-state index contributed by atoms with van der Waals surface area (Å²) in [6.07, 6.45) is 1.66. The Bertz CT molecular complexity index is 1320. The first-order chi connectivity index (χ1) is 19.3. The molecule has 2 aromatic carbocycles. The second kappa shape index (κ2) is 13.3. The number of nitrogen functional groups attached to an aromatic ring is 1. The van der Waals surface area contributed by atoms with Crippen LogP contribution < -0.4 is 31.2 Å². The van der Waals surface area contributed by atoms with E-state index in [0.717, 1.165) is 24.4 Å². The number of ether oxygens (including phenoxy) is 3. The van der Waals surface area contributed by atoms with Gasteiger partial charge in [-0.05, 0) is 80.2 Å². The van der Waals surface area contributed by atoms with Crippen molar-refractivity contribution < 1.29 is 28.6 Å². The van der Waals surface area contributed by atoms with Crippen LogP contribution in [-0.2, 0) is 9.53 Å². The Morgan fingerprint density at radius 3 is 2.23 bits per heavy atom. The second-order valence-electron chi connectivity index (χ2n) is 9.03. The third-order valence-corrected chi connectivity index (χ3v) is 7.19. The van der Waals surface area contributed by atoms with Crippen LogP contribution in [0.5, 0.6) is 11.5 Å². The van der Waals surface area contributed by atoms with Gasteiger partial charge >= 0.3 is 0 Å². The van der Waals surface area contributed by atoms with Gasteiger partial charge in [-0.25, -0.2) is 0 Å². The lowest BCUT2D eigenvalue weighted by molar-refractivity contribution is -0.123. The summed E-state index contributed by atoms with van der Waals surface area (Å²) in [6, 6.07) is 12.6. The lowest BCUT2D eigenvalue weighted by Gasteiger charge is -2.31. The molecule has 2 heterocycles. The minimum absolute atomic E-state index is 0.00875. The van der Waals surface area contributed by atoms with Crippen LogP contribution in [0, 0.1) is 0 Å². The fourth-order valence-electron chi connectivity index (χ4n) is 4.44. The molecule has 3 amide bonds. The third-order valence-electron chi connectivity index (χ3n) is 6.34. The summed E-state index contributed by atoms with van der Waals surface area (Å²) < 4.78 is 20.8. The van der Waals surface area contributed by atoms with E-state index in [1.165, 1.54) is 4.90 Å². The van der Waals surface area contributed by atoms with Crippen molar-refractivity contribution in [1.29, 1.82) is 0 Å². The number of carbonyl (C=O) groups excluding carboxylic acids is 3. The fourth-order valence-corrected chi connectivity index (χ4v) is 5.18. The molecule has 12 heteroatoms. The van der Waals surface area contributed by atoms with E-state index in [1.807, 2.05) is 13.8 Å². The highest BCUT2D eigenvalue weighted by atomic mass is 32.1. The van der Waals surface area contributed by atoms with Crippen LogP contribution in [0.15, 0.2) is 48.5 Å². The van der Waals surface area contributed by atoms with Crippen molar-refractivity contribution in [2.24, 2.45) is 5.73 Å². The number of anilines is 2. The first-order valence-corrected chi connectivity index (χ1v) is 13.8. The maximum atomic E-state index is 14.2. The van der Waals surface area contributed by atoms with E-state index in [2.05, 4.69) is 9.69 Å². The molecule has 0 radical (unpaired) electrons. The van der Waals surface area contributed by atoms with Gasteiger partial charge in [-0.1, -0.05) is 12.1 Å². The quantitative estimate of drug-likeness (QED) is 0.301. The van der Waals surface area contributed by atoms with E-state index in [1.54, 1.807) is 48.5 Å². The van der Waals surface area contributed by atoms with Gasteiger partial charge < -0.3 is 31.0 Å². The molecular weight excluding hydrogens is 534 g/mol. The topological polar surface area (TPSA) is 159 Å². The van der Waals surface area contributed by atoms with Crippen molar-refractivity contribution in [1.82, 2.24) is 9.69 Å². The van der Waals surface area contributed by atoms with Gasteiger partial charge in [-0.2, -0.15) is 4.37 Å². The second-order valence-corrected chi connectivity index (χ2v) is 9.80. The van der Waals surface area contributed by atoms with Crippen LogP contribution >= 0.6 is 11.5 Å². The summed E-state index contributed by atoms with van der Waals surface area (Å²) in [7, 11) is 0. The lowest BCUT2D eigenvalue weighted by Crippen LogP contribution is -2.45. The maximum Gasteiger partial charge on any atom is 0.273 e. The molecular formula is C28H33N5O6S. The van der Waals surface area contributed by atoms with Crippen LogP contribution in [0.2, 0.25) is 0 Å². The molecule has 0 aliphatic carbocycles. The number of rotatable bonds is 12. The van der Waals surface area contributed by atoms with Crippen molar-refractivity contribution in [3.63, 3.8) is 0 Å². The van der Waals surface area contributed by atoms with Gasteiger partial charge in [0.05, 0.1) is 25.0 Å². The van der Waals surface area contributed by atoms with Crippen LogP contribution in [0.3, 0.4) is 0 Å². The van der Waals surface area contributed by atoms with Crippen molar-refractivity contribution in [3.05, 3.63) is 64.7 Å². The molecule has 0 bridgehead atoms. The lowest BCUT2D eigenvalue weighted by atomic mass is 10.0. The van der Waals surface area contributed by atoms with Crippen molar-refractivity contribution in [2.75, 3.05) is 37.0 Å². The maximum absolute atomic E-state index is 14.2. The van der Waals surface area contributed by atoms with E-state index in [-0.39, 0.29) is 22.4 Å². The summed E-state index contributed by atoms with van der Waals surface area (Å²) in [6.45, 7) is 5.64. The zero-order valence-corrected chi connectivity index (χ0v) is 23.2. The largest absolute Gasteiger partial charge is 0.494 e.